The summed E-state index contributed by atoms with van der Waals surface area (Å²) < 4.78 is 7.97. The summed E-state index contributed by atoms with van der Waals surface area (Å²) in [6.45, 7) is 13.1. The Hall–Kier alpha value is -2.11. The molecule has 2 heterocycles. The van der Waals surface area contributed by atoms with Gasteiger partial charge in [-0.05, 0) is 62.9 Å². The van der Waals surface area contributed by atoms with Crippen LogP contribution in [0.3, 0.4) is 0 Å². The number of unbranched alkanes of at least 4 members (excludes halogenated alkanes) is 1. The van der Waals surface area contributed by atoms with Crippen LogP contribution in [0, 0.1) is 5.92 Å². The standard InChI is InChI=1S/C26H37N3O2/c1-5-9-13-28-17-20(26(30)27(6-2)7-3)14-22-21-11-10-12-23-25(21)19(15-24(22)28)16-29(23)18-31-8-4/h10-12,14,16,20,24H,5-9,13,15,17-18H2,1-4H3/t20-,24-/m1/s1. The molecule has 1 amide bonds. The van der Waals surface area contributed by atoms with Crippen LogP contribution in [0.15, 0.2) is 30.5 Å². The number of hydrogen-bond acceptors (Lipinski definition) is 3. The predicted octanol–water partition coefficient (Wildman–Crippen LogP) is 4.54. The van der Waals surface area contributed by atoms with E-state index in [0.29, 0.717) is 19.4 Å². The summed E-state index contributed by atoms with van der Waals surface area (Å²) in [5.41, 5.74) is 5.29. The first-order valence-electron chi connectivity index (χ1n) is 12.1. The maximum atomic E-state index is 13.3. The third kappa shape index (κ3) is 4.06. The number of hydrogen-bond donors (Lipinski definition) is 0. The molecule has 0 bridgehead atoms. The van der Waals surface area contributed by atoms with Gasteiger partial charge in [-0.15, -0.1) is 0 Å². The third-order valence-corrected chi connectivity index (χ3v) is 6.95. The maximum absolute atomic E-state index is 13.3. The van der Waals surface area contributed by atoms with Crippen molar-refractivity contribution < 1.29 is 9.53 Å². The molecule has 0 radical (unpaired) electrons. The molecule has 1 aliphatic heterocycles. The van der Waals surface area contributed by atoms with Crippen molar-refractivity contribution >= 4 is 22.4 Å². The second-order valence-electron chi connectivity index (χ2n) is 8.75. The Balaban J connectivity index is 1.78. The molecule has 0 fully saturated rings. The lowest BCUT2D eigenvalue weighted by molar-refractivity contribution is -0.134. The van der Waals surface area contributed by atoms with E-state index in [4.69, 9.17) is 4.74 Å². The van der Waals surface area contributed by atoms with Gasteiger partial charge in [-0.2, -0.15) is 0 Å². The average molecular weight is 424 g/mol. The SMILES string of the molecule is CCCCN1C[C@H](C(=O)N(CC)CC)C=C2c3cccc4c3c(cn4COCC)C[C@H]21. The maximum Gasteiger partial charge on any atom is 0.230 e. The fourth-order valence-electron chi connectivity index (χ4n) is 5.33. The molecular weight excluding hydrogens is 386 g/mol. The first-order valence-corrected chi connectivity index (χ1v) is 12.1. The molecule has 0 spiro atoms. The molecule has 1 aliphatic carbocycles. The van der Waals surface area contributed by atoms with Crippen LogP contribution in [-0.2, 0) is 22.7 Å². The first-order chi connectivity index (χ1) is 15.1. The molecule has 5 nitrogen and oxygen atoms in total. The highest BCUT2D eigenvalue weighted by Crippen LogP contribution is 2.42. The number of amides is 1. The molecule has 0 saturated carbocycles. The largest absolute Gasteiger partial charge is 0.361 e. The van der Waals surface area contributed by atoms with Gasteiger partial charge in [0.05, 0.1) is 11.4 Å². The number of carbonyl (C=O) groups excluding carboxylic acids is 1. The van der Waals surface area contributed by atoms with Crippen molar-refractivity contribution in [3.63, 3.8) is 0 Å². The lowest BCUT2D eigenvalue weighted by Gasteiger charge is -2.42. The number of carbonyl (C=O) groups is 1. The summed E-state index contributed by atoms with van der Waals surface area (Å²) in [5.74, 6) is 0.203. The molecule has 0 N–H and O–H groups in total. The molecule has 0 unspecified atom stereocenters. The molecule has 5 heteroatoms. The van der Waals surface area contributed by atoms with Crippen LogP contribution in [0.5, 0.6) is 0 Å². The van der Waals surface area contributed by atoms with Gasteiger partial charge < -0.3 is 14.2 Å². The Bertz CT molecular complexity index is 957. The van der Waals surface area contributed by atoms with Gasteiger partial charge in [0.25, 0.3) is 0 Å². The van der Waals surface area contributed by atoms with Crippen LogP contribution in [0.2, 0.25) is 0 Å². The molecule has 31 heavy (non-hydrogen) atoms. The van der Waals surface area contributed by atoms with Gasteiger partial charge in [0.2, 0.25) is 5.91 Å². The summed E-state index contributed by atoms with van der Waals surface area (Å²) in [4.78, 5) is 17.9. The van der Waals surface area contributed by atoms with E-state index in [9.17, 15) is 4.79 Å². The van der Waals surface area contributed by atoms with Crippen LogP contribution in [-0.4, -0.2) is 59.1 Å². The van der Waals surface area contributed by atoms with E-state index >= 15 is 0 Å². The van der Waals surface area contributed by atoms with Crippen molar-refractivity contribution in [1.82, 2.24) is 14.4 Å². The van der Waals surface area contributed by atoms with Crippen molar-refractivity contribution in [3.05, 3.63) is 41.6 Å². The monoisotopic (exact) mass is 423 g/mol. The van der Waals surface area contributed by atoms with Gasteiger partial charge in [0.15, 0.2) is 0 Å². The molecule has 1 aromatic heterocycles. The summed E-state index contributed by atoms with van der Waals surface area (Å²) in [6, 6.07) is 6.95. The van der Waals surface area contributed by atoms with Crippen LogP contribution in [0.25, 0.3) is 16.5 Å². The summed E-state index contributed by atoms with van der Waals surface area (Å²) in [6.07, 6.45) is 7.92. The van der Waals surface area contributed by atoms with Crippen molar-refractivity contribution in [2.75, 3.05) is 32.8 Å². The molecule has 1 aromatic carbocycles. The fraction of sp³-hybridized carbons (Fsp3) is 0.577. The normalized spacial score (nSPS) is 20.6. The molecule has 2 aromatic rings. The number of benzene rings is 1. The van der Waals surface area contributed by atoms with Crippen LogP contribution in [0.4, 0.5) is 0 Å². The van der Waals surface area contributed by atoms with E-state index in [1.165, 1.54) is 40.4 Å². The van der Waals surface area contributed by atoms with E-state index in [1.807, 2.05) is 11.8 Å². The van der Waals surface area contributed by atoms with Crippen molar-refractivity contribution in [3.8, 4) is 0 Å². The zero-order valence-electron chi connectivity index (χ0n) is 19.6. The van der Waals surface area contributed by atoms with E-state index in [-0.39, 0.29) is 11.8 Å². The number of fused-ring (bicyclic) bond motifs is 2. The number of rotatable bonds is 9. The fourth-order valence-corrected chi connectivity index (χ4v) is 5.33. The van der Waals surface area contributed by atoms with Gasteiger partial charge in [0, 0.05) is 43.9 Å². The minimum atomic E-state index is -0.0645. The molecular formula is C26H37N3O2. The molecule has 2 atom stereocenters. The van der Waals surface area contributed by atoms with Gasteiger partial charge in [-0.3, -0.25) is 9.69 Å². The Labute approximate surface area is 186 Å². The molecule has 2 aliphatic rings. The average Bonchev–Trinajstić information content (AvgIpc) is 3.15. The van der Waals surface area contributed by atoms with Gasteiger partial charge in [-0.25, -0.2) is 0 Å². The Kier molecular flexibility index (Phi) is 6.83. The lowest BCUT2D eigenvalue weighted by Crippen LogP contribution is -2.49. The highest BCUT2D eigenvalue weighted by molar-refractivity contribution is 5.99. The van der Waals surface area contributed by atoms with Crippen molar-refractivity contribution in [2.45, 2.75) is 59.7 Å². The highest BCUT2D eigenvalue weighted by atomic mass is 16.5. The van der Waals surface area contributed by atoms with Crippen LogP contribution in [0.1, 0.15) is 51.7 Å². The number of aromatic nitrogens is 1. The second kappa shape index (κ2) is 9.58. The van der Waals surface area contributed by atoms with Gasteiger partial charge in [0.1, 0.15) is 6.73 Å². The number of ether oxygens (including phenoxy) is 1. The van der Waals surface area contributed by atoms with E-state index < -0.39 is 0 Å². The summed E-state index contributed by atoms with van der Waals surface area (Å²) in [5, 5.41) is 1.34. The quantitative estimate of drug-likeness (QED) is 0.594. The molecule has 0 saturated heterocycles. The van der Waals surface area contributed by atoms with E-state index in [2.05, 4.69) is 60.7 Å². The molecule has 168 valence electrons. The topological polar surface area (TPSA) is 37.7 Å². The second-order valence-corrected chi connectivity index (χ2v) is 8.75. The van der Waals surface area contributed by atoms with Crippen LogP contribution < -0.4 is 0 Å². The smallest absolute Gasteiger partial charge is 0.230 e. The lowest BCUT2D eigenvalue weighted by atomic mass is 9.79. The van der Waals surface area contributed by atoms with E-state index in [1.54, 1.807) is 0 Å². The van der Waals surface area contributed by atoms with Gasteiger partial charge >= 0.3 is 0 Å². The number of nitrogens with zero attached hydrogens (tertiary/aromatic N) is 3. The van der Waals surface area contributed by atoms with Crippen molar-refractivity contribution in [1.29, 1.82) is 0 Å². The van der Waals surface area contributed by atoms with Gasteiger partial charge in [-0.1, -0.05) is 31.6 Å². The molecule has 4 rings (SSSR count). The minimum absolute atomic E-state index is 0.0645. The summed E-state index contributed by atoms with van der Waals surface area (Å²) >= 11 is 0. The first kappa shape index (κ1) is 22.1. The van der Waals surface area contributed by atoms with Crippen LogP contribution >= 0.6 is 0 Å². The Morgan fingerprint density at radius 3 is 2.71 bits per heavy atom. The minimum Gasteiger partial charge on any atom is -0.361 e. The zero-order valence-corrected chi connectivity index (χ0v) is 19.6. The Morgan fingerprint density at radius 1 is 1.19 bits per heavy atom. The van der Waals surface area contributed by atoms with E-state index in [0.717, 1.165) is 32.6 Å². The predicted molar refractivity (Wildman–Crippen MR) is 127 cm³/mol. The third-order valence-electron chi connectivity index (χ3n) is 6.95. The zero-order chi connectivity index (χ0) is 22.0. The van der Waals surface area contributed by atoms with Crippen molar-refractivity contribution in [2.24, 2.45) is 5.92 Å². The Morgan fingerprint density at radius 2 is 2.00 bits per heavy atom. The highest BCUT2D eigenvalue weighted by Gasteiger charge is 2.38. The summed E-state index contributed by atoms with van der Waals surface area (Å²) in [7, 11) is 0.